The van der Waals surface area contributed by atoms with Crippen LogP contribution in [0.1, 0.15) is 13.8 Å². The summed E-state index contributed by atoms with van der Waals surface area (Å²) in [7, 11) is 0. The first kappa shape index (κ1) is 31.5. The number of rotatable bonds is 4. The Morgan fingerprint density at radius 3 is 0.904 bits per heavy atom. The first-order chi connectivity index (χ1) is 25.8. The molecule has 0 heterocycles. The van der Waals surface area contributed by atoms with E-state index < -0.39 is 0 Å². The number of hydrogen-bond acceptors (Lipinski definition) is 0. The van der Waals surface area contributed by atoms with Gasteiger partial charge in [0.2, 0.25) is 0 Å². The first-order valence-corrected chi connectivity index (χ1v) is 18.4. The molecule has 0 fully saturated rings. The Bertz CT molecular complexity index is 2700. The third-order valence-corrected chi connectivity index (χ3v) is 10.4. The lowest BCUT2D eigenvalue weighted by atomic mass is 9.81. The Hall–Kier alpha value is -6.50. The van der Waals surface area contributed by atoms with Gasteiger partial charge in [-0.15, -0.1) is 0 Å². The minimum atomic E-state index is 1.23. The highest BCUT2D eigenvalue weighted by Gasteiger charge is 2.21. The van der Waals surface area contributed by atoms with Gasteiger partial charge < -0.3 is 0 Å². The summed E-state index contributed by atoms with van der Waals surface area (Å²) in [6.45, 7) is 4.00. The van der Waals surface area contributed by atoms with Gasteiger partial charge in [0, 0.05) is 0 Å². The van der Waals surface area contributed by atoms with Crippen LogP contribution in [-0.4, -0.2) is 0 Å². The lowest BCUT2D eigenvalue weighted by molar-refractivity contribution is 1.50. The summed E-state index contributed by atoms with van der Waals surface area (Å²) in [4.78, 5) is 0. The summed E-state index contributed by atoms with van der Waals surface area (Å²) in [5.41, 5.74) is 10.1. The van der Waals surface area contributed by atoms with Crippen molar-refractivity contribution in [1.29, 1.82) is 0 Å². The largest absolute Gasteiger partial charge is 0.0683 e. The molecule has 0 aliphatic carbocycles. The van der Waals surface area contributed by atoms with E-state index in [1.165, 1.54) is 98.4 Å². The Morgan fingerprint density at radius 2 is 0.519 bits per heavy atom. The van der Waals surface area contributed by atoms with E-state index >= 15 is 0 Å². The van der Waals surface area contributed by atoms with E-state index in [4.69, 9.17) is 0 Å². The highest BCUT2D eigenvalue weighted by molar-refractivity contribution is 6.27. The molecule has 0 aromatic heterocycles. The third kappa shape index (κ3) is 5.15. The van der Waals surface area contributed by atoms with Gasteiger partial charge in [-0.05, 0) is 111 Å². The van der Waals surface area contributed by atoms with Crippen LogP contribution in [0.4, 0.5) is 0 Å². The van der Waals surface area contributed by atoms with Gasteiger partial charge in [-0.2, -0.15) is 0 Å². The number of hydrogen-bond donors (Lipinski definition) is 0. The van der Waals surface area contributed by atoms with Crippen molar-refractivity contribution in [1.82, 2.24) is 0 Å². The smallest absolute Gasteiger partial charge is 0.00199 e. The fraction of sp³-hybridized carbons (Fsp3) is 0.0385. The molecule has 246 valence electrons. The Labute approximate surface area is 305 Å². The SMILES string of the molecule is CC.c1ccc(-c2ccc(-c3c4ccccc4c(-c4ccc(-c5ccccc5)c5ccccc45)c4cc5ccccc5cc34)c3ccccc23)cc1. The fourth-order valence-electron chi connectivity index (χ4n) is 8.22. The highest BCUT2D eigenvalue weighted by atomic mass is 14.2. The van der Waals surface area contributed by atoms with E-state index in [0.717, 1.165) is 0 Å². The van der Waals surface area contributed by atoms with Crippen LogP contribution in [0.3, 0.4) is 0 Å². The summed E-state index contributed by atoms with van der Waals surface area (Å²) in [6, 6.07) is 71.3. The van der Waals surface area contributed by atoms with E-state index in [9.17, 15) is 0 Å². The molecule has 10 aromatic rings. The molecule has 0 saturated carbocycles. The second-order valence-corrected chi connectivity index (χ2v) is 13.2. The van der Waals surface area contributed by atoms with E-state index in [0.29, 0.717) is 0 Å². The molecule has 0 heteroatoms. The summed E-state index contributed by atoms with van der Waals surface area (Å²) >= 11 is 0. The third-order valence-electron chi connectivity index (χ3n) is 10.4. The predicted octanol–water partition coefficient (Wildman–Crippen LogP) is 15.1. The maximum absolute atomic E-state index is 2.43. The molecular weight excluding hydrogens is 625 g/mol. The van der Waals surface area contributed by atoms with Crippen LogP contribution in [-0.2, 0) is 0 Å². The molecule has 0 bridgehead atoms. The van der Waals surface area contributed by atoms with Gasteiger partial charge >= 0.3 is 0 Å². The molecule has 0 N–H and O–H groups in total. The molecule has 10 rings (SSSR count). The molecule has 0 radical (unpaired) electrons. The maximum Gasteiger partial charge on any atom is -0.00199 e. The van der Waals surface area contributed by atoms with Crippen molar-refractivity contribution in [3.8, 4) is 44.5 Å². The van der Waals surface area contributed by atoms with Crippen LogP contribution in [0.25, 0.3) is 98.4 Å². The van der Waals surface area contributed by atoms with Gasteiger partial charge in [-0.3, -0.25) is 0 Å². The van der Waals surface area contributed by atoms with Crippen molar-refractivity contribution >= 4 is 53.9 Å². The highest BCUT2D eigenvalue weighted by Crippen LogP contribution is 2.49. The zero-order valence-corrected chi connectivity index (χ0v) is 29.5. The molecule has 10 aromatic carbocycles. The van der Waals surface area contributed by atoms with Gasteiger partial charge in [-0.25, -0.2) is 0 Å². The summed E-state index contributed by atoms with van der Waals surface area (Å²) in [5.74, 6) is 0. The van der Waals surface area contributed by atoms with Crippen molar-refractivity contribution in [3.05, 3.63) is 194 Å². The Morgan fingerprint density at radius 1 is 0.231 bits per heavy atom. The quantitative estimate of drug-likeness (QED) is 0.165. The lowest BCUT2D eigenvalue weighted by Crippen LogP contribution is -1.94. The summed E-state index contributed by atoms with van der Waals surface area (Å²) in [6.07, 6.45) is 0. The van der Waals surface area contributed by atoms with Crippen LogP contribution in [0.2, 0.25) is 0 Å². The zero-order chi connectivity index (χ0) is 35.0. The molecule has 52 heavy (non-hydrogen) atoms. The van der Waals surface area contributed by atoms with Gasteiger partial charge in [0.05, 0.1) is 0 Å². The van der Waals surface area contributed by atoms with Crippen molar-refractivity contribution in [2.45, 2.75) is 13.8 Å². The number of benzene rings is 10. The van der Waals surface area contributed by atoms with E-state index in [-0.39, 0.29) is 0 Å². The van der Waals surface area contributed by atoms with E-state index in [2.05, 4.69) is 194 Å². The van der Waals surface area contributed by atoms with Crippen LogP contribution in [0, 0.1) is 0 Å². The molecule has 0 nitrogen and oxygen atoms in total. The summed E-state index contributed by atoms with van der Waals surface area (Å²) in [5, 5.41) is 12.6. The van der Waals surface area contributed by atoms with E-state index in [1.807, 2.05) is 13.8 Å². The average molecular weight is 663 g/mol. The second-order valence-electron chi connectivity index (χ2n) is 13.2. The van der Waals surface area contributed by atoms with Crippen LogP contribution >= 0.6 is 0 Å². The molecule has 0 aliphatic rings. The molecule has 0 atom stereocenters. The molecule has 0 amide bonds. The number of fused-ring (bicyclic) bond motifs is 5. The summed E-state index contributed by atoms with van der Waals surface area (Å²) < 4.78 is 0. The average Bonchev–Trinajstić information content (AvgIpc) is 3.23. The van der Waals surface area contributed by atoms with Crippen molar-refractivity contribution in [3.63, 3.8) is 0 Å². The van der Waals surface area contributed by atoms with Gasteiger partial charge in [0.15, 0.2) is 0 Å². The van der Waals surface area contributed by atoms with Gasteiger partial charge in [0.1, 0.15) is 0 Å². The zero-order valence-electron chi connectivity index (χ0n) is 29.5. The van der Waals surface area contributed by atoms with Gasteiger partial charge in [-0.1, -0.05) is 196 Å². The van der Waals surface area contributed by atoms with Gasteiger partial charge in [0.25, 0.3) is 0 Å². The standard InChI is InChI=1S/C50H32.C2H6/c1-3-15-33(16-4-1)37-27-29-45(41-23-11-9-21-39(37)41)49-43-25-13-14-26-44(43)50(48-32-36-20-8-7-19-35(36)31-47(48)49)46-30-28-38(34-17-5-2-6-18-34)40-22-10-12-24-42(40)46;1-2/h1-32H;1-2H3. The fourth-order valence-corrected chi connectivity index (χ4v) is 8.22. The minimum Gasteiger partial charge on any atom is -0.0683 e. The molecule has 0 unspecified atom stereocenters. The van der Waals surface area contributed by atoms with Crippen molar-refractivity contribution < 1.29 is 0 Å². The van der Waals surface area contributed by atoms with Crippen LogP contribution in [0.5, 0.6) is 0 Å². The lowest BCUT2D eigenvalue weighted by Gasteiger charge is -2.21. The van der Waals surface area contributed by atoms with E-state index in [1.54, 1.807) is 0 Å². The molecule has 0 saturated heterocycles. The Kier molecular flexibility index (Phi) is 8.07. The monoisotopic (exact) mass is 662 g/mol. The second kappa shape index (κ2) is 13.3. The first-order valence-electron chi connectivity index (χ1n) is 18.4. The molecule has 0 aliphatic heterocycles. The predicted molar refractivity (Wildman–Crippen MR) is 227 cm³/mol. The van der Waals surface area contributed by atoms with Crippen LogP contribution in [0.15, 0.2) is 194 Å². The topological polar surface area (TPSA) is 0 Å². The Balaban J connectivity index is 0.00000177. The maximum atomic E-state index is 2.43. The molecule has 0 spiro atoms. The normalized spacial score (nSPS) is 11.3. The van der Waals surface area contributed by atoms with Crippen molar-refractivity contribution in [2.75, 3.05) is 0 Å². The minimum absolute atomic E-state index is 1.23. The van der Waals surface area contributed by atoms with Crippen LogP contribution < -0.4 is 0 Å². The molecular formula is C52H38. The van der Waals surface area contributed by atoms with Crippen molar-refractivity contribution in [2.24, 2.45) is 0 Å².